The molecule has 1 aromatic carbocycles. The number of hydrogen-bond acceptors (Lipinski definition) is 3. The number of carbonyl (C=O) groups excluding carboxylic acids is 1. The number of ether oxygens (including phenoxy) is 1. The summed E-state index contributed by atoms with van der Waals surface area (Å²) in [6.07, 6.45) is 0.823. The monoisotopic (exact) mass is 494 g/mol. The van der Waals surface area contributed by atoms with Crippen LogP contribution in [0.3, 0.4) is 0 Å². The van der Waals surface area contributed by atoms with Crippen LogP contribution in [0.4, 0.5) is 4.39 Å². The third-order valence-electron chi connectivity index (χ3n) is 3.88. The highest BCUT2D eigenvalue weighted by Crippen LogP contribution is 2.16. The van der Waals surface area contributed by atoms with Gasteiger partial charge in [0.25, 0.3) is 0 Å². The Morgan fingerprint density at radius 1 is 1.37 bits per heavy atom. The summed E-state index contributed by atoms with van der Waals surface area (Å²) in [6, 6.07) is 5.00. The molecule has 2 N–H and O–H groups in total. The van der Waals surface area contributed by atoms with Crippen LogP contribution in [-0.4, -0.2) is 57.2 Å². The fourth-order valence-electron chi connectivity index (χ4n) is 2.13. The molecule has 0 aliphatic carbocycles. The van der Waals surface area contributed by atoms with Crippen LogP contribution in [0.1, 0.15) is 37.4 Å². The zero-order valence-corrected chi connectivity index (χ0v) is 19.2. The first-order valence-corrected chi connectivity index (χ1v) is 8.94. The van der Waals surface area contributed by atoms with Crippen LogP contribution in [0.25, 0.3) is 0 Å². The molecule has 1 atom stereocenters. The summed E-state index contributed by atoms with van der Waals surface area (Å²) in [5, 5.41) is 6.42. The number of aryl methyl sites for hydroxylation is 1. The smallest absolute Gasteiger partial charge is 0.243 e. The summed E-state index contributed by atoms with van der Waals surface area (Å²) in [7, 11) is 3.39. The van der Waals surface area contributed by atoms with Crippen LogP contribution in [0.2, 0.25) is 0 Å². The fraction of sp³-hybridized carbons (Fsp3) is 0.579. The van der Waals surface area contributed by atoms with Gasteiger partial charge in [0.05, 0.1) is 6.04 Å². The topological polar surface area (TPSA) is 66.0 Å². The van der Waals surface area contributed by atoms with Crippen LogP contribution >= 0.6 is 24.0 Å². The Labute approximate surface area is 179 Å². The van der Waals surface area contributed by atoms with Crippen molar-refractivity contribution in [3.63, 3.8) is 0 Å². The Morgan fingerprint density at radius 2 is 2.07 bits per heavy atom. The molecule has 1 amide bonds. The molecular formula is C19H32FIN4O2. The van der Waals surface area contributed by atoms with E-state index >= 15 is 0 Å². The number of nitrogens with zero attached hydrogens (tertiary/aromatic N) is 2. The maximum absolute atomic E-state index is 13.8. The highest BCUT2D eigenvalue weighted by molar-refractivity contribution is 14.0. The van der Waals surface area contributed by atoms with Gasteiger partial charge in [-0.1, -0.05) is 12.1 Å². The average molecular weight is 494 g/mol. The summed E-state index contributed by atoms with van der Waals surface area (Å²) >= 11 is 0. The second-order valence-corrected chi connectivity index (χ2v) is 6.30. The van der Waals surface area contributed by atoms with E-state index in [1.807, 2.05) is 19.9 Å². The fourth-order valence-corrected chi connectivity index (χ4v) is 2.13. The Balaban J connectivity index is 0.00000676. The summed E-state index contributed by atoms with van der Waals surface area (Å²) < 4.78 is 19.1. The maximum atomic E-state index is 13.8. The van der Waals surface area contributed by atoms with Gasteiger partial charge in [-0.2, -0.15) is 0 Å². The van der Waals surface area contributed by atoms with Gasteiger partial charge >= 0.3 is 0 Å². The van der Waals surface area contributed by atoms with Crippen molar-refractivity contribution >= 4 is 35.8 Å². The highest BCUT2D eigenvalue weighted by atomic mass is 127. The van der Waals surface area contributed by atoms with Gasteiger partial charge in [0.1, 0.15) is 12.4 Å². The number of nitrogens with one attached hydrogen (secondary N) is 2. The van der Waals surface area contributed by atoms with Crippen molar-refractivity contribution < 1.29 is 13.9 Å². The van der Waals surface area contributed by atoms with Crippen LogP contribution in [0.5, 0.6) is 0 Å². The van der Waals surface area contributed by atoms with E-state index in [-0.39, 0.29) is 48.3 Å². The minimum Gasteiger partial charge on any atom is -0.382 e. The Bertz CT molecular complexity index is 611. The van der Waals surface area contributed by atoms with E-state index in [1.165, 1.54) is 11.0 Å². The minimum absolute atomic E-state index is 0. The van der Waals surface area contributed by atoms with Crippen molar-refractivity contribution in [1.29, 1.82) is 0 Å². The van der Waals surface area contributed by atoms with Gasteiger partial charge in [-0.25, -0.2) is 9.38 Å². The van der Waals surface area contributed by atoms with Crippen LogP contribution in [0, 0.1) is 12.7 Å². The van der Waals surface area contributed by atoms with Gasteiger partial charge in [0.15, 0.2) is 5.96 Å². The number of rotatable bonds is 9. The van der Waals surface area contributed by atoms with Crippen LogP contribution < -0.4 is 10.6 Å². The molecule has 1 aromatic rings. The van der Waals surface area contributed by atoms with E-state index in [0.717, 1.165) is 12.0 Å². The molecule has 0 radical (unpaired) electrons. The van der Waals surface area contributed by atoms with Gasteiger partial charge in [0.2, 0.25) is 5.91 Å². The van der Waals surface area contributed by atoms with Gasteiger partial charge in [-0.3, -0.25) is 4.79 Å². The third-order valence-corrected chi connectivity index (χ3v) is 3.88. The van der Waals surface area contributed by atoms with Crippen LogP contribution in [0.15, 0.2) is 23.2 Å². The van der Waals surface area contributed by atoms with E-state index in [9.17, 15) is 9.18 Å². The van der Waals surface area contributed by atoms with Gasteiger partial charge in [-0.05, 0) is 44.4 Å². The number of likely N-dealkylation sites (N-methyl/N-ethyl adjacent to an activating group) is 1. The number of guanidine groups is 1. The van der Waals surface area contributed by atoms with E-state index in [4.69, 9.17) is 4.74 Å². The first kappa shape index (κ1) is 25.6. The quantitative estimate of drug-likeness (QED) is 0.240. The summed E-state index contributed by atoms with van der Waals surface area (Å²) in [5.41, 5.74) is 1.43. The van der Waals surface area contributed by atoms with Crippen LogP contribution in [-0.2, 0) is 9.53 Å². The lowest BCUT2D eigenvalue weighted by Crippen LogP contribution is -2.40. The molecule has 0 aromatic heterocycles. The molecule has 8 heteroatoms. The molecule has 0 bridgehead atoms. The molecule has 0 spiro atoms. The second kappa shape index (κ2) is 13.7. The normalized spacial score (nSPS) is 12.1. The molecule has 0 saturated heterocycles. The van der Waals surface area contributed by atoms with Crippen molar-refractivity contribution in [2.45, 2.75) is 33.2 Å². The number of aliphatic imine (C=N–C) groups is 1. The largest absolute Gasteiger partial charge is 0.382 e. The standard InChI is InChI=1S/C19H31FN4O2.HI/c1-6-26-11-7-10-21-19(22-13-18(25)24(4)5)23-15(3)16-9-8-14(2)17(20)12-16;/h8-9,12,15H,6-7,10-11,13H2,1-5H3,(H2,21,22,23);1H. The Hall–Kier alpha value is -1.42. The molecule has 0 heterocycles. The molecule has 154 valence electrons. The summed E-state index contributed by atoms with van der Waals surface area (Å²) in [5.74, 6) is 0.196. The lowest BCUT2D eigenvalue weighted by Gasteiger charge is -2.19. The average Bonchev–Trinajstić information content (AvgIpc) is 2.60. The summed E-state index contributed by atoms with van der Waals surface area (Å²) in [4.78, 5) is 17.6. The molecule has 0 aliphatic heterocycles. The first-order chi connectivity index (χ1) is 12.3. The maximum Gasteiger partial charge on any atom is 0.243 e. The number of hydrogen-bond donors (Lipinski definition) is 2. The summed E-state index contributed by atoms with van der Waals surface area (Å²) in [6.45, 7) is 7.67. The van der Waals surface area contributed by atoms with Crippen molar-refractivity contribution in [1.82, 2.24) is 15.5 Å². The molecule has 0 aliphatic rings. The number of benzene rings is 1. The first-order valence-electron chi connectivity index (χ1n) is 8.94. The molecule has 1 unspecified atom stereocenters. The van der Waals surface area contributed by atoms with E-state index in [2.05, 4.69) is 15.6 Å². The van der Waals surface area contributed by atoms with E-state index < -0.39 is 0 Å². The third kappa shape index (κ3) is 9.90. The molecule has 0 fully saturated rings. The predicted octanol–water partition coefficient (Wildman–Crippen LogP) is 2.86. The van der Waals surface area contributed by atoms with Crippen molar-refractivity contribution in [3.05, 3.63) is 35.1 Å². The molecule has 27 heavy (non-hydrogen) atoms. The molecule has 6 nitrogen and oxygen atoms in total. The van der Waals surface area contributed by atoms with Crippen molar-refractivity contribution in [2.75, 3.05) is 40.4 Å². The SMILES string of the molecule is CCOCCCNC(=NCC(=O)N(C)C)NC(C)c1ccc(C)c(F)c1.I. The van der Waals surface area contributed by atoms with Gasteiger partial charge in [-0.15, -0.1) is 24.0 Å². The van der Waals surface area contributed by atoms with E-state index in [1.54, 1.807) is 27.1 Å². The lowest BCUT2D eigenvalue weighted by atomic mass is 10.1. The Morgan fingerprint density at radius 3 is 2.67 bits per heavy atom. The molecule has 1 rings (SSSR count). The minimum atomic E-state index is -0.234. The van der Waals surface area contributed by atoms with E-state index in [0.29, 0.717) is 31.3 Å². The lowest BCUT2D eigenvalue weighted by molar-refractivity contribution is -0.127. The molecule has 0 saturated carbocycles. The number of halogens is 2. The number of carbonyl (C=O) groups is 1. The predicted molar refractivity (Wildman–Crippen MR) is 118 cm³/mol. The number of amides is 1. The Kier molecular flexibility index (Phi) is 13.0. The molecular weight excluding hydrogens is 462 g/mol. The van der Waals surface area contributed by atoms with Crippen molar-refractivity contribution in [3.8, 4) is 0 Å². The zero-order valence-electron chi connectivity index (χ0n) is 16.8. The van der Waals surface area contributed by atoms with Gasteiger partial charge in [0, 0.05) is 33.9 Å². The highest BCUT2D eigenvalue weighted by Gasteiger charge is 2.11. The zero-order chi connectivity index (χ0) is 19.5. The van der Waals surface area contributed by atoms with Gasteiger partial charge < -0.3 is 20.3 Å². The van der Waals surface area contributed by atoms with Crippen molar-refractivity contribution in [2.24, 2.45) is 4.99 Å². The second-order valence-electron chi connectivity index (χ2n) is 6.30.